The van der Waals surface area contributed by atoms with Crippen LogP contribution < -0.4 is 0 Å². The van der Waals surface area contributed by atoms with Gasteiger partial charge in [0.1, 0.15) is 5.82 Å². The predicted molar refractivity (Wildman–Crippen MR) is 92.4 cm³/mol. The summed E-state index contributed by atoms with van der Waals surface area (Å²) < 4.78 is 1.93. The minimum absolute atomic E-state index is 0.0555. The number of nitrogens with zero attached hydrogens (tertiary/aromatic N) is 4. The summed E-state index contributed by atoms with van der Waals surface area (Å²) in [6.07, 6.45) is 11.3. The zero-order valence-corrected chi connectivity index (χ0v) is 13.9. The van der Waals surface area contributed by atoms with E-state index in [9.17, 15) is 4.79 Å². The van der Waals surface area contributed by atoms with Crippen molar-refractivity contribution in [2.75, 3.05) is 6.54 Å². The highest BCUT2D eigenvalue weighted by atomic mass is 16.2. The number of rotatable bonds is 2. The molecule has 3 aromatic heterocycles. The van der Waals surface area contributed by atoms with E-state index in [0.717, 1.165) is 43.7 Å². The molecule has 1 amide bonds. The van der Waals surface area contributed by atoms with Gasteiger partial charge in [-0.15, -0.1) is 0 Å². The van der Waals surface area contributed by atoms with Gasteiger partial charge < -0.3 is 14.5 Å². The van der Waals surface area contributed by atoms with Gasteiger partial charge in [0.15, 0.2) is 0 Å². The quantitative estimate of drug-likeness (QED) is 0.784. The monoisotopic (exact) mass is 333 g/mol. The number of nitrogens with one attached hydrogen (secondary N) is 1. The molecule has 126 valence electrons. The van der Waals surface area contributed by atoms with Gasteiger partial charge in [-0.2, -0.15) is 0 Å². The van der Waals surface area contributed by atoms with Crippen LogP contribution in [0, 0.1) is 0 Å². The molecule has 0 aromatic carbocycles. The van der Waals surface area contributed by atoms with Gasteiger partial charge in [-0.05, 0) is 43.5 Å². The first-order valence-electron chi connectivity index (χ1n) is 8.72. The Hall–Kier alpha value is -2.89. The zero-order valence-electron chi connectivity index (χ0n) is 13.9. The van der Waals surface area contributed by atoms with Crippen molar-refractivity contribution in [3.63, 3.8) is 0 Å². The predicted octanol–water partition coefficient (Wildman–Crippen LogP) is 2.67. The van der Waals surface area contributed by atoms with Crippen LogP contribution in [0.2, 0.25) is 0 Å². The van der Waals surface area contributed by atoms with Gasteiger partial charge >= 0.3 is 0 Å². The van der Waals surface area contributed by atoms with Gasteiger partial charge in [0.2, 0.25) is 0 Å². The lowest BCUT2D eigenvalue weighted by Crippen LogP contribution is -2.57. The Balaban J connectivity index is 1.46. The molecule has 0 bridgehead atoms. The molecule has 2 aliphatic rings. The zero-order chi connectivity index (χ0) is 16.9. The topological polar surface area (TPSA) is 66.8 Å². The van der Waals surface area contributed by atoms with Crippen LogP contribution in [0.15, 0.2) is 49.2 Å². The van der Waals surface area contributed by atoms with E-state index in [-0.39, 0.29) is 11.4 Å². The van der Waals surface area contributed by atoms with Crippen molar-refractivity contribution in [3.8, 4) is 5.82 Å². The highest BCUT2D eigenvalue weighted by molar-refractivity contribution is 5.95. The molecular weight excluding hydrogens is 314 g/mol. The van der Waals surface area contributed by atoms with Crippen molar-refractivity contribution in [2.45, 2.75) is 31.2 Å². The lowest BCUT2D eigenvalue weighted by atomic mass is 9.70. The summed E-state index contributed by atoms with van der Waals surface area (Å²) >= 11 is 0. The number of aromatic nitrogens is 4. The number of amides is 1. The number of aromatic amines is 1. The molecule has 4 heterocycles. The third-order valence-electron chi connectivity index (χ3n) is 5.55. The van der Waals surface area contributed by atoms with Gasteiger partial charge in [-0.25, -0.2) is 9.97 Å². The Morgan fingerprint density at radius 2 is 2.00 bits per heavy atom. The fraction of sp³-hybridized carbons (Fsp3) is 0.316. The first-order valence-corrected chi connectivity index (χ1v) is 8.72. The summed E-state index contributed by atoms with van der Waals surface area (Å²) in [5.41, 5.74) is 2.67. The smallest absolute Gasteiger partial charge is 0.256 e. The largest absolute Gasteiger partial charge is 0.348 e. The second-order valence-corrected chi connectivity index (χ2v) is 6.82. The van der Waals surface area contributed by atoms with Crippen LogP contribution >= 0.6 is 0 Å². The summed E-state index contributed by atoms with van der Waals surface area (Å²) in [5.74, 6) is 0.869. The van der Waals surface area contributed by atoms with E-state index in [4.69, 9.17) is 0 Å². The number of hydrogen-bond donors (Lipinski definition) is 1. The molecule has 1 fully saturated rings. The van der Waals surface area contributed by atoms with Gasteiger partial charge in [-0.1, -0.05) is 0 Å². The maximum absolute atomic E-state index is 13.2. The molecule has 1 N–H and O–H groups in total. The third kappa shape index (κ3) is 2.06. The number of fused-ring (bicyclic) bond motifs is 2. The van der Waals surface area contributed by atoms with Crippen molar-refractivity contribution < 1.29 is 4.79 Å². The number of carbonyl (C=O) groups is 1. The molecule has 0 radical (unpaired) electrons. The van der Waals surface area contributed by atoms with Crippen LogP contribution in [0.25, 0.3) is 5.82 Å². The standard InChI is InChI=1S/C19H19N5O/c25-18(14-4-5-16(20-12-14)23-9-1-2-10-23)24-11-6-15-17(22-13-21-15)19(24)7-3-8-19/h1-2,4-5,9-10,12-13H,3,6-8,11H2,(H,21,22). The van der Waals surface area contributed by atoms with Crippen LogP contribution in [0.3, 0.4) is 0 Å². The first kappa shape index (κ1) is 14.5. The first-order chi connectivity index (χ1) is 12.3. The fourth-order valence-corrected chi connectivity index (χ4v) is 4.10. The molecule has 1 aliphatic carbocycles. The molecule has 1 aliphatic heterocycles. The Labute approximate surface area is 145 Å². The van der Waals surface area contributed by atoms with Crippen LogP contribution in [-0.4, -0.2) is 36.9 Å². The molecule has 6 nitrogen and oxygen atoms in total. The van der Waals surface area contributed by atoms with Gasteiger partial charge in [0.25, 0.3) is 5.91 Å². The Kier molecular flexibility index (Phi) is 3.07. The van der Waals surface area contributed by atoms with Crippen LogP contribution in [0.1, 0.15) is 41.0 Å². The fourth-order valence-electron chi connectivity index (χ4n) is 4.10. The Bertz CT molecular complexity index is 906. The summed E-state index contributed by atoms with van der Waals surface area (Å²) in [4.78, 5) is 27.4. The van der Waals surface area contributed by atoms with Gasteiger partial charge in [0.05, 0.1) is 23.1 Å². The van der Waals surface area contributed by atoms with E-state index in [1.807, 2.05) is 46.1 Å². The average molecular weight is 333 g/mol. The molecule has 3 aromatic rings. The van der Waals surface area contributed by atoms with Crippen molar-refractivity contribution in [3.05, 3.63) is 66.1 Å². The average Bonchev–Trinajstić information content (AvgIpc) is 3.30. The molecular formula is C19H19N5O. The molecule has 1 spiro atoms. The second-order valence-electron chi connectivity index (χ2n) is 6.82. The number of pyridine rings is 1. The lowest BCUT2D eigenvalue weighted by Gasteiger charge is -2.52. The highest BCUT2D eigenvalue weighted by Crippen LogP contribution is 2.49. The van der Waals surface area contributed by atoms with Crippen LogP contribution in [-0.2, 0) is 12.0 Å². The van der Waals surface area contributed by atoms with Crippen molar-refractivity contribution in [2.24, 2.45) is 0 Å². The van der Waals surface area contributed by atoms with E-state index in [2.05, 4.69) is 15.0 Å². The van der Waals surface area contributed by atoms with Crippen molar-refractivity contribution in [1.82, 2.24) is 24.4 Å². The summed E-state index contributed by atoms with van der Waals surface area (Å²) in [6, 6.07) is 7.67. The summed E-state index contributed by atoms with van der Waals surface area (Å²) in [7, 11) is 0. The molecule has 0 unspecified atom stereocenters. The number of imidazole rings is 1. The van der Waals surface area contributed by atoms with E-state index >= 15 is 0 Å². The highest BCUT2D eigenvalue weighted by Gasteiger charge is 2.51. The van der Waals surface area contributed by atoms with Gasteiger partial charge in [-0.3, -0.25) is 4.79 Å². The Morgan fingerprint density at radius 1 is 1.16 bits per heavy atom. The third-order valence-corrected chi connectivity index (χ3v) is 5.55. The SMILES string of the molecule is O=C(c1ccc(-n2cccc2)nc1)N1CCc2[nH]cnc2C12CCC2. The van der Waals surface area contributed by atoms with Crippen molar-refractivity contribution in [1.29, 1.82) is 0 Å². The lowest BCUT2D eigenvalue weighted by molar-refractivity contribution is 0.00452. The molecule has 5 rings (SSSR count). The minimum atomic E-state index is -0.218. The molecule has 0 saturated heterocycles. The van der Waals surface area contributed by atoms with E-state index < -0.39 is 0 Å². The number of H-pyrrole nitrogens is 1. The summed E-state index contributed by atoms with van der Waals surface area (Å²) in [6.45, 7) is 0.730. The number of hydrogen-bond acceptors (Lipinski definition) is 3. The van der Waals surface area contributed by atoms with Gasteiger partial charge in [0, 0.05) is 37.3 Å². The molecule has 0 atom stereocenters. The van der Waals surface area contributed by atoms with Crippen LogP contribution in [0.5, 0.6) is 0 Å². The maximum Gasteiger partial charge on any atom is 0.256 e. The van der Waals surface area contributed by atoms with Crippen molar-refractivity contribution >= 4 is 5.91 Å². The van der Waals surface area contributed by atoms with E-state index in [0.29, 0.717) is 5.56 Å². The number of carbonyl (C=O) groups excluding carboxylic acids is 1. The molecule has 25 heavy (non-hydrogen) atoms. The molecule has 1 saturated carbocycles. The van der Waals surface area contributed by atoms with E-state index in [1.54, 1.807) is 12.5 Å². The summed E-state index contributed by atoms with van der Waals surface area (Å²) in [5, 5.41) is 0. The maximum atomic E-state index is 13.2. The Morgan fingerprint density at radius 3 is 2.68 bits per heavy atom. The van der Waals surface area contributed by atoms with Crippen LogP contribution in [0.4, 0.5) is 0 Å². The van der Waals surface area contributed by atoms with E-state index in [1.165, 1.54) is 5.69 Å². The second kappa shape index (κ2) is 5.31. The molecule has 6 heteroatoms. The normalized spacial score (nSPS) is 18.0. The minimum Gasteiger partial charge on any atom is -0.348 e.